The van der Waals surface area contributed by atoms with Gasteiger partial charge in [-0.25, -0.2) is 4.98 Å². The molecule has 186 valence electrons. The first-order valence-corrected chi connectivity index (χ1v) is 11.5. The lowest BCUT2D eigenvalue weighted by Crippen LogP contribution is -2.35. The normalized spacial score (nSPS) is 15.3. The summed E-state index contributed by atoms with van der Waals surface area (Å²) < 4.78 is 83.4. The van der Waals surface area contributed by atoms with Gasteiger partial charge >= 0.3 is 12.4 Å². The minimum absolute atomic E-state index is 0.0173. The Bertz CT molecular complexity index is 1150. The topological polar surface area (TPSA) is 49.3 Å². The molecular formula is C23H20F6N4OS. The molecule has 0 aliphatic carbocycles. The van der Waals surface area contributed by atoms with Crippen LogP contribution in [0.5, 0.6) is 0 Å². The van der Waals surface area contributed by atoms with Crippen molar-refractivity contribution >= 4 is 22.6 Å². The number of alkyl halides is 6. The quantitative estimate of drug-likeness (QED) is 0.431. The van der Waals surface area contributed by atoms with E-state index in [-0.39, 0.29) is 19.2 Å². The van der Waals surface area contributed by atoms with Crippen LogP contribution < -0.4 is 4.90 Å². The van der Waals surface area contributed by atoms with Crippen molar-refractivity contribution in [1.29, 1.82) is 0 Å². The predicted octanol–water partition coefficient (Wildman–Crippen LogP) is 5.52. The Balaban J connectivity index is 1.47. The third kappa shape index (κ3) is 6.11. The van der Waals surface area contributed by atoms with Gasteiger partial charge in [0.15, 0.2) is 0 Å². The van der Waals surface area contributed by atoms with Crippen LogP contribution in [-0.2, 0) is 18.8 Å². The van der Waals surface area contributed by atoms with Crippen molar-refractivity contribution in [2.75, 3.05) is 31.1 Å². The van der Waals surface area contributed by atoms with E-state index in [2.05, 4.69) is 9.36 Å². The molecule has 0 bridgehead atoms. The fourth-order valence-corrected chi connectivity index (χ4v) is 4.53. The van der Waals surface area contributed by atoms with E-state index in [0.29, 0.717) is 49.0 Å². The minimum Gasteiger partial charge on any atom is -0.345 e. The maximum atomic E-state index is 13.2. The smallest absolute Gasteiger partial charge is 0.345 e. The number of hydrogen-bond donors (Lipinski definition) is 0. The fourth-order valence-electron chi connectivity index (χ4n) is 3.80. The van der Waals surface area contributed by atoms with Gasteiger partial charge in [0, 0.05) is 49.7 Å². The Hall–Kier alpha value is -3.15. The number of halogens is 6. The molecule has 1 aromatic heterocycles. The highest BCUT2D eigenvalue weighted by Crippen LogP contribution is 2.36. The van der Waals surface area contributed by atoms with Crippen LogP contribution in [0.25, 0.3) is 0 Å². The Morgan fingerprint density at radius 1 is 0.886 bits per heavy atom. The fraction of sp³-hybridized carbons (Fsp3) is 0.348. The lowest BCUT2D eigenvalue weighted by atomic mass is 10.0. The number of carbonyl (C=O) groups excluding carboxylic acids is 1. The summed E-state index contributed by atoms with van der Waals surface area (Å²) in [6.07, 6.45) is -8.99. The number of carbonyl (C=O) groups is 1. The summed E-state index contributed by atoms with van der Waals surface area (Å²) in [5, 5.41) is 0.656. The van der Waals surface area contributed by atoms with E-state index in [1.165, 1.54) is 16.4 Å². The molecule has 0 atom stereocenters. The maximum absolute atomic E-state index is 13.2. The molecule has 1 aliphatic heterocycles. The molecule has 5 nitrogen and oxygen atoms in total. The third-order valence-corrected chi connectivity index (χ3v) is 6.37. The van der Waals surface area contributed by atoms with Crippen molar-refractivity contribution < 1.29 is 31.1 Å². The largest absolute Gasteiger partial charge is 0.416 e. The van der Waals surface area contributed by atoms with E-state index < -0.39 is 35.0 Å². The van der Waals surface area contributed by atoms with Gasteiger partial charge < -0.3 is 9.80 Å². The van der Waals surface area contributed by atoms with E-state index in [1.54, 1.807) is 0 Å². The van der Waals surface area contributed by atoms with E-state index in [1.807, 2.05) is 35.2 Å². The van der Waals surface area contributed by atoms with Gasteiger partial charge in [-0.05, 0) is 30.2 Å². The van der Waals surface area contributed by atoms with Crippen LogP contribution in [-0.4, -0.2) is 46.3 Å². The molecule has 12 heteroatoms. The van der Waals surface area contributed by atoms with Gasteiger partial charge in [0.25, 0.3) is 5.91 Å². The first-order valence-electron chi connectivity index (χ1n) is 10.7. The van der Waals surface area contributed by atoms with E-state index in [0.717, 1.165) is 5.56 Å². The zero-order chi connectivity index (χ0) is 25.2. The van der Waals surface area contributed by atoms with Crippen LogP contribution in [0.3, 0.4) is 0 Å². The molecule has 0 N–H and O–H groups in total. The average Bonchev–Trinajstić information content (AvgIpc) is 3.12. The highest BCUT2D eigenvalue weighted by Gasteiger charge is 2.38. The Morgan fingerprint density at radius 2 is 1.54 bits per heavy atom. The van der Waals surface area contributed by atoms with Gasteiger partial charge in [0.2, 0.25) is 5.13 Å². The number of aromatic nitrogens is 2. The molecular weight excluding hydrogens is 494 g/mol. The molecule has 1 fully saturated rings. The van der Waals surface area contributed by atoms with E-state index in [9.17, 15) is 31.1 Å². The van der Waals surface area contributed by atoms with E-state index >= 15 is 0 Å². The lowest BCUT2D eigenvalue weighted by molar-refractivity contribution is -0.143. The summed E-state index contributed by atoms with van der Waals surface area (Å²) in [6, 6.07) is 10.7. The number of rotatable bonds is 4. The predicted molar refractivity (Wildman–Crippen MR) is 118 cm³/mol. The van der Waals surface area contributed by atoms with Crippen molar-refractivity contribution in [2.24, 2.45) is 0 Å². The van der Waals surface area contributed by atoms with Crippen LogP contribution in [0.1, 0.15) is 39.3 Å². The molecule has 1 saturated heterocycles. The van der Waals surface area contributed by atoms with Gasteiger partial charge in [0.05, 0.1) is 11.1 Å². The maximum Gasteiger partial charge on any atom is 0.416 e. The van der Waals surface area contributed by atoms with Crippen LogP contribution >= 0.6 is 11.5 Å². The number of hydrogen-bond acceptors (Lipinski definition) is 5. The van der Waals surface area contributed by atoms with Crippen LogP contribution in [0.2, 0.25) is 0 Å². The zero-order valence-electron chi connectivity index (χ0n) is 18.2. The summed E-state index contributed by atoms with van der Waals surface area (Å²) in [5.74, 6) is -0.220. The Morgan fingerprint density at radius 3 is 2.17 bits per heavy atom. The second-order valence-electron chi connectivity index (χ2n) is 8.08. The number of anilines is 1. The molecule has 35 heavy (non-hydrogen) atoms. The molecule has 0 radical (unpaired) electrons. The Kier molecular flexibility index (Phi) is 7.02. The first kappa shape index (κ1) is 25.0. The molecule has 1 amide bonds. The molecule has 2 aromatic carbocycles. The second kappa shape index (κ2) is 9.84. The van der Waals surface area contributed by atoms with Crippen molar-refractivity contribution in [2.45, 2.75) is 25.2 Å². The number of benzene rings is 2. The van der Waals surface area contributed by atoms with Crippen LogP contribution in [0.4, 0.5) is 31.5 Å². The summed E-state index contributed by atoms with van der Waals surface area (Å²) in [6.45, 7) is 1.18. The van der Waals surface area contributed by atoms with Crippen molar-refractivity contribution in [3.05, 3.63) is 76.6 Å². The molecule has 3 aromatic rings. The summed E-state index contributed by atoms with van der Waals surface area (Å²) in [7, 11) is 0. The minimum atomic E-state index is -5.01. The third-order valence-electron chi connectivity index (χ3n) is 5.55. The lowest BCUT2D eigenvalue weighted by Gasteiger charge is -2.22. The molecule has 2 heterocycles. The average molecular weight is 514 g/mol. The highest BCUT2D eigenvalue weighted by molar-refractivity contribution is 7.09. The van der Waals surface area contributed by atoms with Gasteiger partial charge in [-0.3, -0.25) is 4.79 Å². The van der Waals surface area contributed by atoms with Gasteiger partial charge in [-0.15, -0.1) is 0 Å². The first-order chi connectivity index (χ1) is 16.5. The summed E-state index contributed by atoms with van der Waals surface area (Å²) in [5.41, 5.74) is -2.59. The molecule has 0 saturated carbocycles. The van der Waals surface area contributed by atoms with Crippen molar-refractivity contribution in [3.63, 3.8) is 0 Å². The van der Waals surface area contributed by atoms with Crippen LogP contribution in [0, 0.1) is 0 Å². The summed E-state index contributed by atoms with van der Waals surface area (Å²) >= 11 is 1.21. The van der Waals surface area contributed by atoms with Crippen molar-refractivity contribution in [1.82, 2.24) is 14.3 Å². The van der Waals surface area contributed by atoms with Crippen LogP contribution in [0.15, 0.2) is 48.5 Å². The monoisotopic (exact) mass is 514 g/mol. The molecule has 0 spiro atoms. The van der Waals surface area contributed by atoms with Crippen molar-refractivity contribution in [3.8, 4) is 0 Å². The SMILES string of the molecule is O=C(c1cc(C(F)(F)F)cc(C(F)(F)F)c1)N1CCCN(c2nc(Cc3ccccc3)ns2)CC1. The van der Waals surface area contributed by atoms with Gasteiger partial charge in [-0.1, -0.05) is 30.3 Å². The standard InChI is InChI=1S/C23H20F6N4OS/c24-22(25,26)17-12-16(13-18(14-17)23(27,28)29)20(34)32-7-4-8-33(10-9-32)21-30-19(31-35-21)11-15-5-2-1-3-6-15/h1-3,5-6,12-14H,4,7-11H2. The molecule has 4 rings (SSSR count). The van der Waals surface area contributed by atoms with E-state index in [4.69, 9.17) is 0 Å². The molecule has 0 unspecified atom stereocenters. The van der Waals surface area contributed by atoms with Gasteiger partial charge in [-0.2, -0.15) is 30.7 Å². The zero-order valence-corrected chi connectivity index (χ0v) is 19.1. The summed E-state index contributed by atoms with van der Waals surface area (Å²) in [4.78, 5) is 20.7. The number of nitrogens with zero attached hydrogens (tertiary/aromatic N) is 4. The number of amides is 1. The highest BCUT2D eigenvalue weighted by atomic mass is 32.1. The Labute approximate surface area is 201 Å². The second-order valence-corrected chi connectivity index (χ2v) is 8.81. The molecule has 1 aliphatic rings. The van der Waals surface area contributed by atoms with Gasteiger partial charge in [0.1, 0.15) is 5.82 Å².